The molecule has 0 radical (unpaired) electrons. The number of nitrogens with zero attached hydrogens (tertiary/aromatic N) is 1. The number of amides is 1. The van der Waals surface area contributed by atoms with Gasteiger partial charge in [0.25, 0.3) is 0 Å². The van der Waals surface area contributed by atoms with Crippen molar-refractivity contribution in [2.45, 2.75) is 49.5 Å². The molecule has 2 aromatic rings. The van der Waals surface area contributed by atoms with Crippen LogP contribution < -0.4 is 5.32 Å². The van der Waals surface area contributed by atoms with E-state index < -0.39 is 21.7 Å². The van der Waals surface area contributed by atoms with Crippen LogP contribution in [0.4, 0.5) is 10.5 Å². The minimum Gasteiger partial charge on any atom is -0.438 e. The van der Waals surface area contributed by atoms with Gasteiger partial charge in [-0.15, -0.1) is 0 Å². The lowest BCUT2D eigenvalue weighted by molar-refractivity contribution is -0.0313. The second-order valence-electron chi connectivity index (χ2n) is 8.13. The van der Waals surface area contributed by atoms with Gasteiger partial charge in [-0.25, -0.2) is 17.5 Å². The van der Waals surface area contributed by atoms with E-state index in [0.29, 0.717) is 5.69 Å². The predicted octanol–water partition coefficient (Wildman–Crippen LogP) is 4.98. The fourth-order valence-corrected chi connectivity index (χ4v) is 4.96. The van der Waals surface area contributed by atoms with Gasteiger partial charge in [0, 0.05) is 25.7 Å². The van der Waals surface area contributed by atoms with Crippen molar-refractivity contribution in [3.05, 3.63) is 60.2 Å². The summed E-state index contributed by atoms with van der Waals surface area (Å²) in [6.45, 7) is 1.99. The fraction of sp³-hybridized carbons (Fsp3) is 0.435. The largest absolute Gasteiger partial charge is 0.438 e. The first-order valence-corrected chi connectivity index (χ1v) is 11.8. The number of rotatable bonds is 6. The number of hydrogen-bond acceptors (Lipinski definition) is 4. The van der Waals surface area contributed by atoms with Crippen molar-refractivity contribution in [3.8, 4) is 0 Å². The van der Waals surface area contributed by atoms with Crippen LogP contribution in [0.1, 0.15) is 44.6 Å². The van der Waals surface area contributed by atoms with E-state index in [9.17, 15) is 13.2 Å². The van der Waals surface area contributed by atoms with Crippen molar-refractivity contribution < 1.29 is 17.9 Å². The van der Waals surface area contributed by atoms with E-state index in [1.807, 2.05) is 37.3 Å². The Labute approximate surface area is 179 Å². The maximum absolute atomic E-state index is 12.8. The van der Waals surface area contributed by atoms with E-state index in [0.717, 1.165) is 35.6 Å². The number of sulfonamides is 1. The van der Waals surface area contributed by atoms with E-state index in [1.165, 1.54) is 32.6 Å². The molecule has 0 unspecified atom stereocenters. The first kappa shape index (κ1) is 22.3. The lowest BCUT2D eigenvalue weighted by Gasteiger charge is -2.39. The van der Waals surface area contributed by atoms with Crippen LogP contribution in [-0.4, -0.2) is 32.9 Å². The molecule has 162 valence electrons. The van der Waals surface area contributed by atoms with Gasteiger partial charge in [0.1, 0.15) is 5.60 Å². The van der Waals surface area contributed by atoms with Gasteiger partial charge in [0.15, 0.2) is 0 Å². The molecule has 0 aromatic heterocycles. The Morgan fingerprint density at radius 1 is 1.00 bits per heavy atom. The molecule has 2 aromatic carbocycles. The number of anilines is 1. The first-order valence-electron chi connectivity index (χ1n) is 10.3. The van der Waals surface area contributed by atoms with Gasteiger partial charge in [-0.3, -0.25) is 5.32 Å². The molecule has 1 fully saturated rings. The van der Waals surface area contributed by atoms with Crippen LogP contribution in [0.5, 0.6) is 0 Å². The van der Waals surface area contributed by atoms with Crippen molar-refractivity contribution in [1.82, 2.24) is 4.31 Å². The predicted molar refractivity (Wildman–Crippen MR) is 118 cm³/mol. The molecule has 0 bridgehead atoms. The van der Waals surface area contributed by atoms with Crippen molar-refractivity contribution in [3.63, 3.8) is 0 Å². The summed E-state index contributed by atoms with van der Waals surface area (Å²) in [5, 5.41) is 2.74. The Hall–Kier alpha value is -2.38. The number of nitrogens with one attached hydrogen (secondary N) is 1. The molecule has 1 N–H and O–H groups in total. The standard InChI is InChI=1S/C23H30N2O4S/c1-23(18-10-6-4-7-11-18,19-12-8-5-9-13-19)29-22(26)24-20-14-16-21(17-15-20)30(27,28)25(2)3/h4,6-7,10-11,14-17,19H,5,8-9,12-13H2,1-3H3,(H,24,26)/t23-/m1/s1. The zero-order valence-corrected chi connectivity index (χ0v) is 18.6. The number of carbonyl (C=O) groups excluding carboxylic acids is 1. The molecule has 1 aliphatic carbocycles. The van der Waals surface area contributed by atoms with E-state index in [1.54, 1.807) is 12.1 Å². The molecule has 3 rings (SSSR count). The quantitative estimate of drug-likeness (QED) is 0.701. The van der Waals surface area contributed by atoms with Crippen molar-refractivity contribution in [2.75, 3.05) is 19.4 Å². The van der Waals surface area contributed by atoms with Gasteiger partial charge in [-0.2, -0.15) is 0 Å². The molecule has 1 amide bonds. The minimum absolute atomic E-state index is 0.169. The van der Waals surface area contributed by atoms with Gasteiger partial charge in [-0.05, 0) is 49.6 Å². The summed E-state index contributed by atoms with van der Waals surface area (Å²) in [5.74, 6) is 0.256. The summed E-state index contributed by atoms with van der Waals surface area (Å²) < 4.78 is 31.6. The number of carbonyl (C=O) groups is 1. The molecule has 1 saturated carbocycles. The molecule has 7 heteroatoms. The van der Waals surface area contributed by atoms with Gasteiger partial charge >= 0.3 is 6.09 Å². The smallest absolute Gasteiger partial charge is 0.412 e. The Morgan fingerprint density at radius 3 is 2.17 bits per heavy atom. The van der Waals surface area contributed by atoms with Crippen LogP contribution in [0.3, 0.4) is 0 Å². The Kier molecular flexibility index (Phi) is 6.83. The maximum atomic E-state index is 12.8. The molecule has 0 aliphatic heterocycles. The molecule has 0 saturated heterocycles. The summed E-state index contributed by atoms with van der Waals surface area (Å²) in [7, 11) is -0.551. The molecular formula is C23H30N2O4S. The summed E-state index contributed by atoms with van der Waals surface area (Å²) in [6, 6.07) is 16.0. The Bertz CT molecular complexity index is 952. The third kappa shape index (κ3) is 4.84. The highest BCUT2D eigenvalue weighted by Gasteiger charge is 2.40. The van der Waals surface area contributed by atoms with Crippen LogP contribution >= 0.6 is 0 Å². The van der Waals surface area contributed by atoms with Gasteiger partial charge < -0.3 is 4.74 Å². The highest BCUT2D eigenvalue weighted by Crippen LogP contribution is 2.42. The lowest BCUT2D eigenvalue weighted by atomic mass is 9.74. The van der Waals surface area contributed by atoms with E-state index in [-0.39, 0.29) is 10.8 Å². The first-order chi connectivity index (χ1) is 14.2. The van der Waals surface area contributed by atoms with Crippen molar-refractivity contribution in [2.24, 2.45) is 5.92 Å². The Balaban J connectivity index is 1.76. The van der Waals surface area contributed by atoms with E-state index in [4.69, 9.17) is 4.74 Å². The second-order valence-corrected chi connectivity index (χ2v) is 10.3. The molecular weight excluding hydrogens is 400 g/mol. The zero-order valence-electron chi connectivity index (χ0n) is 17.8. The van der Waals surface area contributed by atoms with Crippen LogP contribution in [0.2, 0.25) is 0 Å². The third-order valence-corrected chi connectivity index (χ3v) is 7.74. The second kappa shape index (κ2) is 9.18. The maximum Gasteiger partial charge on any atom is 0.412 e. The summed E-state index contributed by atoms with van der Waals surface area (Å²) in [6.07, 6.45) is 5.00. The highest BCUT2D eigenvalue weighted by molar-refractivity contribution is 7.89. The number of hydrogen-bond donors (Lipinski definition) is 1. The molecule has 1 aliphatic rings. The summed E-state index contributed by atoms with van der Waals surface area (Å²) in [4.78, 5) is 12.9. The Morgan fingerprint density at radius 2 is 1.60 bits per heavy atom. The fourth-order valence-electron chi connectivity index (χ4n) is 4.06. The van der Waals surface area contributed by atoms with Crippen LogP contribution in [0, 0.1) is 5.92 Å². The van der Waals surface area contributed by atoms with Gasteiger partial charge in [0.2, 0.25) is 10.0 Å². The van der Waals surface area contributed by atoms with Crippen LogP contribution in [-0.2, 0) is 20.4 Å². The minimum atomic E-state index is -3.51. The lowest BCUT2D eigenvalue weighted by Crippen LogP contribution is -2.39. The van der Waals surface area contributed by atoms with E-state index in [2.05, 4.69) is 5.32 Å². The number of benzene rings is 2. The van der Waals surface area contributed by atoms with E-state index >= 15 is 0 Å². The average Bonchev–Trinajstić information content (AvgIpc) is 2.75. The van der Waals surface area contributed by atoms with Crippen LogP contribution in [0.25, 0.3) is 0 Å². The third-order valence-electron chi connectivity index (χ3n) is 5.92. The normalized spacial score (nSPS) is 17.3. The van der Waals surface area contributed by atoms with Gasteiger partial charge in [0.05, 0.1) is 4.90 Å². The number of ether oxygens (including phenoxy) is 1. The topological polar surface area (TPSA) is 75.7 Å². The molecule has 30 heavy (non-hydrogen) atoms. The SMILES string of the molecule is CN(C)S(=O)(=O)c1ccc(NC(=O)O[C@](C)(c2ccccc2)C2CCCCC2)cc1. The van der Waals surface area contributed by atoms with Crippen molar-refractivity contribution in [1.29, 1.82) is 0 Å². The monoisotopic (exact) mass is 430 g/mol. The van der Waals surface area contributed by atoms with Gasteiger partial charge in [-0.1, -0.05) is 49.6 Å². The summed E-state index contributed by atoms with van der Waals surface area (Å²) >= 11 is 0. The molecule has 1 atom stereocenters. The highest BCUT2D eigenvalue weighted by atomic mass is 32.2. The summed E-state index contributed by atoms with van der Waals surface area (Å²) in [5.41, 5.74) is 0.746. The van der Waals surface area contributed by atoms with Crippen LogP contribution in [0.15, 0.2) is 59.5 Å². The zero-order chi connectivity index (χ0) is 21.8. The average molecular weight is 431 g/mol. The van der Waals surface area contributed by atoms with Crippen molar-refractivity contribution >= 4 is 21.8 Å². The molecule has 0 spiro atoms. The molecule has 0 heterocycles. The molecule has 6 nitrogen and oxygen atoms in total.